The van der Waals surface area contributed by atoms with Crippen molar-refractivity contribution < 1.29 is 18.7 Å². The number of hydrogen-bond acceptors (Lipinski definition) is 5. The van der Waals surface area contributed by atoms with Crippen molar-refractivity contribution in [2.45, 2.75) is 0 Å². The van der Waals surface area contributed by atoms with Crippen LogP contribution in [0.25, 0.3) is 0 Å². The first kappa shape index (κ1) is 12.8. The Labute approximate surface area is 108 Å². The Bertz CT molecular complexity index is 617. The second-order valence-electron chi connectivity index (χ2n) is 3.63. The zero-order valence-corrected chi connectivity index (χ0v) is 10.1. The minimum atomic E-state index is -0.684. The fraction of sp³-hybridized carbons (Fsp3) is 0.0769. The van der Waals surface area contributed by atoms with Gasteiger partial charge in [-0.15, -0.1) is 0 Å². The highest BCUT2D eigenvalue weighted by Gasteiger charge is 2.17. The SMILES string of the molecule is COC(=O)c1cccc(F)c1Oc1ccnc(N)c1. The van der Waals surface area contributed by atoms with Crippen LogP contribution in [0, 0.1) is 5.82 Å². The van der Waals surface area contributed by atoms with Gasteiger partial charge >= 0.3 is 5.97 Å². The van der Waals surface area contributed by atoms with Crippen molar-refractivity contribution in [1.29, 1.82) is 0 Å². The largest absolute Gasteiger partial charge is 0.465 e. The molecule has 5 nitrogen and oxygen atoms in total. The number of carbonyl (C=O) groups is 1. The summed E-state index contributed by atoms with van der Waals surface area (Å²) in [4.78, 5) is 15.3. The number of carbonyl (C=O) groups excluding carboxylic acids is 1. The Morgan fingerprint density at radius 2 is 2.16 bits per heavy atom. The van der Waals surface area contributed by atoms with Crippen molar-refractivity contribution in [2.24, 2.45) is 0 Å². The molecule has 1 aromatic heterocycles. The minimum absolute atomic E-state index is 0.00196. The monoisotopic (exact) mass is 262 g/mol. The molecular weight excluding hydrogens is 251 g/mol. The lowest BCUT2D eigenvalue weighted by atomic mass is 10.2. The number of nitrogens with zero attached hydrogens (tertiary/aromatic N) is 1. The normalized spacial score (nSPS) is 10.0. The highest BCUT2D eigenvalue weighted by atomic mass is 19.1. The van der Waals surface area contributed by atoms with Gasteiger partial charge in [-0.05, 0) is 18.2 Å². The van der Waals surface area contributed by atoms with Crippen molar-refractivity contribution in [1.82, 2.24) is 4.98 Å². The molecule has 19 heavy (non-hydrogen) atoms. The lowest BCUT2D eigenvalue weighted by Gasteiger charge is -2.10. The lowest BCUT2D eigenvalue weighted by molar-refractivity contribution is 0.0597. The summed E-state index contributed by atoms with van der Waals surface area (Å²) in [5, 5.41) is 0. The molecule has 0 saturated heterocycles. The highest BCUT2D eigenvalue weighted by molar-refractivity contribution is 5.92. The van der Waals surface area contributed by atoms with Crippen molar-refractivity contribution in [3.8, 4) is 11.5 Å². The molecule has 0 bridgehead atoms. The van der Waals surface area contributed by atoms with Gasteiger partial charge in [0.2, 0.25) is 0 Å². The summed E-state index contributed by atoms with van der Waals surface area (Å²) < 4.78 is 23.7. The second-order valence-corrected chi connectivity index (χ2v) is 3.63. The Balaban J connectivity index is 2.41. The standard InChI is InChI=1S/C13H11FN2O3/c1-18-13(17)9-3-2-4-10(14)12(9)19-8-5-6-16-11(15)7-8/h2-7H,1H3,(H2,15,16). The third kappa shape index (κ3) is 2.79. The molecule has 0 spiro atoms. The maximum absolute atomic E-state index is 13.8. The maximum atomic E-state index is 13.8. The summed E-state index contributed by atoms with van der Waals surface area (Å²) in [7, 11) is 1.21. The average molecular weight is 262 g/mol. The van der Waals surface area contributed by atoms with Crippen LogP contribution in [-0.4, -0.2) is 18.1 Å². The quantitative estimate of drug-likeness (QED) is 0.859. The van der Waals surface area contributed by atoms with Crippen molar-refractivity contribution in [2.75, 3.05) is 12.8 Å². The van der Waals surface area contributed by atoms with Gasteiger partial charge in [0.25, 0.3) is 0 Å². The number of para-hydroxylation sites is 1. The van der Waals surface area contributed by atoms with E-state index >= 15 is 0 Å². The van der Waals surface area contributed by atoms with Crippen LogP contribution in [0.2, 0.25) is 0 Å². The molecule has 2 aromatic rings. The van der Waals surface area contributed by atoms with Gasteiger partial charge in [-0.1, -0.05) is 6.07 Å². The zero-order chi connectivity index (χ0) is 13.8. The van der Waals surface area contributed by atoms with Gasteiger partial charge in [-0.2, -0.15) is 0 Å². The summed E-state index contributed by atoms with van der Waals surface area (Å²) in [6.45, 7) is 0. The van der Waals surface area contributed by atoms with Gasteiger partial charge in [0.15, 0.2) is 11.6 Å². The molecule has 0 unspecified atom stereocenters. The molecular formula is C13H11FN2O3. The van der Waals surface area contributed by atoms with Gasteiger partial charge in [0.05, 0.1) is 7.11 Å². The Morgan fingerprint density at radius 3 is 2.84 bits per heavy atom. The third-order valence-electron chi connectivity index (χ3n) is 2.34. The number of pyridine rings is 1. The molecule has 0 radical (unpaired) electrons. The first-order valence-corrected chi connectivity index (χ1v) is 5.38. The van der Waals surface area contributed by atoms with E-state index in [0.29, 0.717) is 0 Å². The number of anilines is 1. The maximum Gasteiger partial charge on any atom is 0.341 e. The molecule has 6 heteroatoms. The third-order valence-corrected chi connectivity index (χ3v) is 2.34. The molecule has 2 N–H and O–H groups in total. The molecule has 0 aliphatic rings. The molecule has 1 heterocycles. The zero-order valence-electron chi connectivity index (χ0n) is 10.1. The average Bonchev–Trinajstić information content (AvgIpc) is 2.40. The molecule has 98 valence electrons. The number of aromatic nitrogens is 1. The van der Waals surface area contributed by atoms with E-state index in [1.165, 1.54) is 43.6 Å². The predicted octanol–water partition coefficient (Wildman–Crippen LogP) is 2.38. The molecule has 1 aromatic carbocycles. The van der Waals surface area contributed by atoms with E-state index < -0.39 is 11.8 Å². The van der Waals surface area contributed by atoms with Gasteiger partial charge in [-0.25, -0.2) is 14.2 Å². The van der Waals surface area contributed by atoms with E-state index in [4.69, 9.17) is 10.5 Å². The number of nitrogen functional groups attached to an aromatic ring is 1. The van der Waals surface area contributed by atoms with E-state index in [-0.39, 0.29) is 22.9 Å². The topological polar surface area (TPSA) is 74.4 Å². The fourth-order valence-corrected chi connectivity index (χ4v) is 1.49. The van der Waals surface area contributed by atoms with E-state index in [2.05, 4.69) is 9.72 Å². The van der Waals surface area contributed by atoms with Crippen molar-refractivity contribution in [3.05, 3.63) is 47.9 Å². The van der Waals surface area contributed by atoms with Crippen LogP contribution in [0.15, 0.2) is 36.5 Å². The van der Waals surface area contributed by atoms with E-state index in [0.717, 1.165) is 0 Å². The number of nitrogens with two attached hydrogens (primary N) is 1. The number of esters is 1. The van der Waals surface area contributed by atoms with Crippen LogP contribution in [0.4, 0.5) is 10.2 Å². The smallest absolute Gasteiger partial charge is 0.341 e. The molecule has 0 aliphatic carbocycles. The minimum Gasteiger partial charge on any atom is -0.465 e. The molecule has 0 saturated carbocycles. The number of benzene rings is 1. The lowest BCUT2D eigenvalue weighted by Crippen LogP contribution is -2.05. The number of halogens is 1. The summed E-state index contributed by atoms with van der Waals surface area (Å²) >= 11 is 0. The van der Waals surface area contributed by atoms with E-state index in [9.17, 15) is 9.18 Å². The number of methoxy groups -OCH3 is 1. The van der Waals surface area contributed by atoms with Crippen LogP contribution in [0.1, 0.15) is 10.4 Å². The summed E-state index contributed by atoms with van der Waals surface area (Å²) in [5.74, 6) is -1.05. The molecule has 2 rings (SSSR count). The van der Waals surface area contributed by atoms with Crippen molar-refractivity contribution >= 4 is 11.8 Å². The van der Waals surface area contributed by atoms with Crippen molar-refractivity contribution in [3.63, 3.8) is 0 Å². The molecule has 0 fully saturated rings. The number of ether oxygens (including phenoxy) is 2. The van der Waals surface area contributed by atoms with Crippen LogP contribution in [0.3, 0.4) is 0 Å². The summed E-state index contributed by atoms with van der Waals surface area (Å²) in [5.41, 5.74) is 5.50. The molecule has 0 atom stereocenters. The summed E-state index contributed by atoms with van der Waals surface area (Å²) in [6.07, 6.45) is 1.42. The van der Waals surface area contributed by atoms with E-state index in [1.54, 1.807) is 0 Å². The highest BCUT2D eigenvalue weighted by Crippen LogP contribution is 2.29. The number of rotatable bonds is 3. The Hall–Kier alpha value is -2.63. The van der Waals surface area contributed by atoms with Crippen LogP contribution in [-0.2, 0) is 4.74 Å². The first-order valence-electron chi connectivity index (χ1n) is 5.38. The second kappa shape index (κ2) is 5.34. The van der Waals surface area contributed by atoms with Crippen LogP contribution in [0.5, 0.6) is 11.5 Å². The Kier molecular flexibility index (Phi) is 3.61. The fourth-order valence-electron chi connectivity index (χ4n) is 1.49. The van der Waals surface area contributed by atoms with Gasteiger partial charge in [0.1, 0.15) is 17.1 Å². The summed E-state index contributed by atoms with van der Waals surface area (Å²) in [6, 6.07) is 6.92. The first-order chi connectivity index (χ1) is 9.11. The molecule has 0 aliphatic heterocycles. The molecule has 0 amide bonds. The van der Waals surface area contributed by atoms with Gasteiger partial charge in [0, 0.05) is 12.3 Å². The van der Waals surface area contributed by atoms with Crippen LogP contribution < -0.4 is 10.5 Å². The van der Waals surface area contributed by atoms with Crippen LogP contribution >= 0.6 is 0 Å². The Morgan fingerprint density at radius 1 is 1.37 bits per heavy atom. The van der Waals surface area contributed by atoms with E-state index in [1.807, 2.05) is 0 Å². The number of hydrogen-bond donors (Lipinski definition) is 1. The van der Waals surface area contributed by atoms with Gasteiger partial charge < -0.3 is 15.2 Å². The van der Waals surface area contributed by atoms with Gasteiger partial charge in [-0.3, -0.25) is 0 Å². The predicted molar refractivity (Wildman–Crippen MR) is 66.5 cm³/mol.